The lowest BCUT2D eigenvalue weighted by Crippen LogP contribution is -2.33. The Morgan fingerprint density at radius 2 is 1.90 bits per heavy atom. The number of aryl methyl sites for hydroxylation is 1. The number of hydrogen-bond acceptors (Lipinski definition) is 3. The largest absolute Gasteiger partial charge is 0.493 e. The van der Waals surface area contributed by atoms with Crippen LogP contribution in [0, 0.1) is 6.92 Å². The van der Waals surface area contributed by atoms with E-state index in [1.165, 1.54) is 14.2 Å². The van der Waals surface area contributed by atoms with Gasteiger partial charge in [0.1, 0.15) is 0 Å². The molecule has 0 aromatic heterocycles. The van der Waals surface area contributed by atoms with E-state index in [9.17, 15) is 9.90 Å². The summed E-state index contributed by atoms with van der Waals surface area (Å²) in [5.74, 6) is 0.118. The number of benzene rings is 1. The van der Waals surface area contributed by atoms with Gasteiger partial charge in [0.2, 0.25) is 0 Å². The predicted octanol–water partition coefficient (Wildman–Crippen LogP) is 3.56. The van der Waals surface area contributed by atoms with Crippen molar-refractivity contribution in [2.75, 3.05) is 14.2 Å². The minimum Gasteiger partial charge on any atom is -0.493 e. The summed E-state index contributed by atoms with van der Waals surface area (Å²) in [6.07, 6.45) is 2.90. The second-order valence-electron chi connectivity index (χ2n) is 5.21. The van der Waals surface area contributed by atoms with E-state index in [0.29, 0.717) is 34.9 Å². The fourth-order valence-electron chi connectivity index (χ4n) is 3.08. The number of rotatable bonds is 4. The second-order valence-corrected chi connectivity index (χ2v) is 5.59. The van der Waals surface area contributed by atoms with Gasteiger partial charge < -0.3 is 14.6 Å². The van der Waals surface area contributed by atoms with E-state index in [4.69, 9.17) is 21.1 Å². The Bertz CT molecular complexity index is 533. The molecule has 1 N–H and O–H groups in total. The first-order valence-corrected chi connectivity index (χ1v) is 7.00. The molecule has 0 atom stereocenters. The van der Waals surface area contributed by atoms with Gasteiger partial charge in [0.15, 0.2) is 11.5 Å². The lowest BCUT2D eigenvalue weighted by atomic mass is 9.77. The molecule has 4 nitrogen and oxygen atoms in total. The summed E-state index contributed by atoms with van der Waals surface area (Å²) in [5, 5.41) is 10.2. The van der Waals surface area contributed by atoms with Gasteiger partial charge in [-0.3, -0.25) is 4.79 Å². The fraction of sp³-hybridized carbons (Fsp3) is 0.533. The lowest BCUT2D eigenvalue weighted by molar-refractivity contribution is -0.143. The highest BCUT2D eigenvalue weighted by Crippen LogP contribution is 2.51. The Kier molecular flexibility index (Phi) is 4.14. The van der Waals surface area contributed by atoms with Gasteiger partial charge in [-0.2, -0.15) is 0 Å². The summed E-state index contributed by atoms with van der Waals surface area (Å²) in [5.41, 5.74) is 0.386. The highest BCUT2D eigenvalue weighted by Gasteiger charge is 2.47. The lowest BCUT2D eigenvalue weighted by Gasteiger charge is -2.29. The van der Waals surface area contributed by atoms with Crippen molar-refractivity contribution < 1.29 is 19.4 Å². The number of carboxylic acid groups (broad SMARTS) is 1. The van der Waals surface area contributed by atoms with Crippen molar-refractivity contribution in [2.24, 2.45) is 0 Å². The van der Waals surface area contributed by atoms with Crippen LogP contribution in [0.3, 0.4) is 0 Å². The van der Waals surface area contributed by atoms with E-state index in [2.05, 4.69) is 0 Å². The standard InChI is InChI=1S/C15H19ClO4/c1-9-8-10(19-2)13(20-3)11(12(9)16)15(14(17)18)6-4-5-7-15/h8H,4-7H2,1-3H3,(H,17,18). The first-order valence-electron chi connectivity index (χ1n) is 6.63. The van der Waals surface area contributed by atoms with Crippen molar-refractivity contribution in [3.8, 4) is 11.5 Å². The number of hydrogen-bond donors (Lipinski definition) is 1. The molecule has 1 aromatic carbocycles. The molecule has 0 aliphatic heterocycles. The average Bonchev–Trinajstić information content (AvgIpc) is 2.91. The smallest absolute Gasteiger partial charge is 0.314 e. The molecule has 0 bridgehead atoms. The topological polar surface area (TPSA) is 55.8 Å². The molecule has 1 aliphatic rings. The zero-order valence-corrected chi connectivity index (χ0v) is 12.7. The van der Waals surface area contributed by atoms with Gasteiger partial charge in [-0.15, -0.1) is 0 Å². The van der Waals surface area contributed by atoms with E-state index < -0.39 is 11.4 Å². The van der Waals surface area contributed by atoms with Gasteiger partial charge in [0.05, 0.1) is 24.7 Å². The summed E-state index contributed by atoms with van der Waals surface area (Å²) in [4.78, 5) is 11.9. The molecule has 0 radical (unpaired) electrons. The monoisotopic (exact) mass is 298 g/mol. The Morgan fingerprint density at radius 1 is 1.30 bits per heavy atom. The van der Waals surface area contributed by atoms with Gasteiger partial charge in [-0.1, -0.05) is 24.4 Å². The number of aliphatic carboxylic acids is 1. The molecular weight excluding hydrogens is 280 g/mol. The van der Waals surface area contributed by atoms with Crippen molar-refractivity contribution in [3.63, 3.8) is 0 Å². The minimum absolute atomic E-state index is 0.437. The highest BCUT2D eigenvalue weighted by atomic mass is 35.5. The molecule has 1 saturated carbocycles. The first kappa shape index (κ1) is 15.0. The maximum absolute atomic E-state index is 11.9. The summed E-state index contributed by atoms with van der Waals surface area (Å²) in [6, 6.07) is 1.77. The van der Waals surface area contributed by atoms with Gasteiger partial charge in [-0.25, -0.2) is 0 Å². The highest BCUT2D eigenvalue weighted by molar-refractivity contribution is 6.33. The van der Waals surface area contributed by atoms with Crippen molar-refractivity contribution in [3.05, 3.63) is 22.2 Å². The van der Waals surface area contributed by atoms with Gasteiger partial charge >= 0.3 is 5.97 Å². The molecule has 0 spiro atoms. The van der Waals surface area contributed by atoms with Gasteiger partial charge in [0, 0.05) is 5.56 Å². The maximum atomic E-state index is 11.9. The van der Waals surface area contributed by atoms with Crippen LogP contribution in [0.1, 0.15) is 36.8 Å². The number of halogens is 1. The van der Waals surface area contributed by atoms with Crippen LogP contribution in [0.15, 0.2) is 6.07 Å². The normalized spacial score (nSPS) is 17.0. The van der Waals surface area contributed by atoms with Crippen LogP contribution in [0.25, 0.3) is 0 Å². The molecule has 5 heteroatoms. The van der Waals surface area contributed by atoms with Crippen molar-refractivity contribution in [2.45, 2.75) is 38.0 Å². The summed E-state index contributed by atoms with van der Waals surface area (Å²) < 4.78 is 10.7. The third kappa shape index (κ3) is 2.12. The Balaban J connectivity index is 2.77. The summed E-state index contributed by atoms with van der Waals surface area (Å²) >= 11 is 6.42. The third-order valence-electron chi connectivity index (χ3n) is 4.13. The van der Waals surface area contributed by atoms with E-state index in [-0.39, 0.29) is 0 Å². The number of carbonyl (C=O) groups is 1. The number of carboxylic acids is 1. The summed E-state index contributed by atoms with van der Waals surface area (Å²) in [6.45, 7) is 1.85. The number of methoxy groups -OCH3 is 2. The minimum atomic E-state index is -0.971. The molecule has 1 aromatic rings. The molecule has 0 amide bonds. The molecule has 110 valence electrons. The predicted molar refractivity (Wildman–Crippen MR) is 77.1 cm³/mol. The molecule has 0 heterocycles. The molecule has 20 heavy (non-hydrogen) atoms. The van der Waals surface area contributed by atoms with Crippen LogP contribution in [0.2, 0.25) is 5.02 Å². The second kappa shape index (κ2) is 5.52. The summed E-state index contributed by atoms with van der Waals surface area (Å²) in [7, 11) is 3.05. The van der Waals surface area contributed by atoms with Crippen LogP contribution in [-0.4, -0.2) is 25.3 Å². The zero-order chi connectivity index (χ0) is 14.9. The molecular formula is C15H19ClO4. The SMILES string of the molecule is COc1cc(C)c(Cl)c(C2(C(=O)O)CCCC2)c1OC. The first-order chi connectivity index (χ1) is 9.47. The number of ether oxygens (including phenoxy) is 2. The third-order valence-corrected chi connectivity index (χ3v) is 4.62. The van der Waals surface area contributed by atoms with Gasteiger partial charge in [-0.05, 0) is 31.4 Å². The molecule has 1 aliphatic carbocycles. The van der Waals surface area contributed by atoms with Crippen LogP contribution < -0.4 is 9.47 Å². The molecule has 0 saturated heterocycles. The Labute approximate surface area is 123 Å². The van der Waals surface area contributed by atoms with Crippen molar-refractivity contribution in [1.29, 1.82) is 0 Å². The average molecular weight is 299 g/mol. The van der Waals surface area contributed by atoms with E-state index in [0.717, 1.165) is 18.4 Å². The van der Waals surface area contributed by atoms with Crippen LogP contribution in [0.5, 0.6) is 11.5 Å². The fourth-order valence-corrected chi connectivity index (χ4v) is 3.40. The van der Waals surface area contributed by atoms with Crippen LogP contribution in [0.4, 0.5) is 0 Å². The Hall–Kier alpha value is -1.42. The molecule has 1 fully saturated rings. The molecule has 2 rings (SSSR count). The quantitative estimate of drug-likeness (QED) is 0.923. The van der Waals surface area contributed by atoms with Crippen LogP contribution >= 0.6 is 11.6 Å². The van der Waals surface area contributed by atoms with E-state index in [1.807, 2.05) is 6.92 Å². The zero-order valence-electron chi connectivity index (χ0n) is 12.0. The van der Waals surface area contributed by atoms with E-state index in [1.54, 1.807) is 6.07 Å². The molecule has 0 unspecified atom stereocenters. The van der Waals surface area contributed by atoms with E-state index >= 15 is 0 Å². The van der Waals surface area contributed by atoms with Crippen molar-refractivity contribution >= 4 is 17.6 Å². The van der Waals surface area contributed by atoms with Crippen molar-refractivity contribution in [1.82, 2.24) is 0 Å². The maximum Gasteiger partial charge on any atom is 0.314 e. The Morgan fingerprint density at radius 3 is 2.35 bits per heavy atom. The van der Waals surface area contributed by atoms with Gasteiger partial charge in [0.25, 0.3) is 0 Å². The van der Waals surface area contributed by atoms with Crippen LogP contribution in [-0.2, 0) is 10.2 Å².